The monoisotopic (exact) mass is 374 g/mol. The largest absolute Gasteiger partial charge is 0.329 e. The van der Waals surface area contributed by atoms with Crippen LogP contribution in [0.2, 0.25) is 0 Å². The summed E-state index contributed by atoms with van der Waals surface area (Å²) in [7, 11) is 1.57. The Morgan fingerprint density at radius 1 is 1.07 bits per heavy atom. The highest BCUT2D eigenvalue weighted by molar-refractivity contribution is 5.80. The molecule has 0 fully saturated rings. The van der Waals surface area contributed by atoms with Gasteiger partial charge in [0.1, 0.15) is 0 Å². The summed E-state index contributed by atoms with van der Waals surface area (Å²) in [6, 6.07) is 19.3. The van der Waals surface area contributed by atoms with E-state index in [1.807, 2.05) is 60.7 Å². The Bertz CT molecular complexity index is 1250. The SMILES string of the molecule is Cn1c(=O)[nH]c(=O)c2c1nc(N/N=C\c1ccccc1)n2Cc1ccccc1. The zero-order chi connectivity index (χ0) is 19.5. The predicted molar refractivity (Wildman–Crippen MR) is 109 cm³/mol. The number of rotatable bonds is 5. The van der Waals surface area contributed by atoms with Gasteiger partial charge >= 0.3 is 5.69 Å². The van der Waals surface area contributed by atoms with E-state index in [1.165, 1.54) is 4.57 Å². The maximum absolute atomic E-state index is 12.5. The van der Waals surface area contributed by atoms with Crippen LogP contribution in [0.3, 0.4) is 0 Å². The lowest BCUT2D eigenvalue weighted by molar-refractivity contribution is 0.808. The van der Waals surface area contributed by atoms with Crippen LogP contribution in [0, 0.1) is 0 Å². The first-order valence-corrected chi connectivity index (χ1v) is 8.71. The fraction of sp³-hybridized carbons (Fsp3) is 0.100. The number of benzene rings is 2. The van der Waals surface area contributed by atoms with Crippen molar-refractivity contribution < 1.29 is 0 Å². The Balaban J connectivity index is 1.80. The van der Waals surface area contributed by atoms with Crippen molar-refractivity contribution in [2.75, 3.05) is 5.43 Å². The van der Waals surface area contributed by atoms with E-state index in [9.17, 15) is 9.59 Å². The summed E-state index contributed by atoms with van der Waals surface area (Å²) >= 11 is 0. The van der Waals surface area contributed by atoms with Crippen molar-refractivity contribution in [1.29, 1.82) is 0 Å². The molecule has 2 N–H and O–H groups in total. The molecule has 140 valence electrons. The van der Waals surface area contributed by atoms with E-state index in [-0.39, 0.29) is 0 Å². The minimum Gasteiger partial charge on any atom is -0.298 e. The van der Waals surface area contributed by atoms with E-state index in [2.05, 4.69) is 20.5 Å². The van der Waals surface area contributed by atoms with Crippen molar-refractivity contribution in [3.8, 4) is 0 Å². The molecule has 0 saturated carbocycles. The lowest BCUT2D eigenvalue weighted by Crippen LogP contribution is -2.29. The predicted octanol–water partition coefficient (Wildman–Crippen LogP) is 1.92. The van der Waals surface area contributed by atoms with Crippen LogP contribution >= 0.6 is 0 Å². The highest BCUT2D eigenvalue weighted by Gasteiger charge is 2.17. The number of aromatic amines is 1. The third-order valence-corrected chi connectivity index (χ3v) is 4.37. The summed E-state index contributed by atoms with van der Waals surface area (Å²) in [5, 5.41) is 4.23. The molecule has 0 radical (unpaired) electrons. The van der Waals surface area contributed by atoms with Crippen molar-refractivity contribution in [3.05, 3.63) is 92.6 Å². The van der Waals surface area contributed by atoms with Crippen LogP contribution in [0.1, 0.15) is 11.1 Å². The van der Waals surface area contributed by atoms with Crippen LogP contribution in [0.5, 0.6) is 0 Å². The summed E-state index contributed by atoms with van der Waals surface area (Å²) in [6.45, 7) is 0.405. The Morgan fingerprint density at radius 3 is 2.46 bits per heavy atom. The first-order valence-electron chi connectivity index (χ1n) is 8.71. The number of aryl methyl sites for hydroxylation is 1. The van der Waals surface area contributed by atoms with Gasteiger partial charge in [-0.05, 0) is 11.1 Å². The minimum atomic E-state index is -0.513. The van der Waals surface area contributed by atoms with Crippen molar-refractivity contribution in [1.82, 2.24) is 19.1 Å². The lowest BCUT2D eigenvalue weighted by atomic mass is 10.2. The Hall–Kier alpha value is -3.94. The molecule has 0 aliphatic rings. The number of imidazole rings is 1. The second-order valence-corrected chi connectivity index (χ2v) is 6.28. The van der Waals surface area contributed by atoms with Gasteiger partial charge < -0.3 is 0 Å². The van der Waals surface area contributed by atoms with E-state index in [0.717, 1.165) is 11.1 Å². The first kappa shape index (κ1) is 17.5. The molecule has 0 atom stereocenters. The molecule has 4 aromatic rings. The van der Waals surface area contributed by atoms with Gasteiger partial charge in [-0.2, -0.15) is 10.1 Å². The Labute approximate surface area is 159 Å². The van der Waals surface area contributed by atoms with E-state index in [1.54, 1.807) is 17.8 Å². The standard InChI is InChI=1S/C20H18N6O2/c1-25-17-16(18(27)23-20(25)28)26(13-15-10-6-3-7-11-15)19(22-17)24-21-12-14-8-4-2-5-9-14/h2-12H,13H2,1H3,(H,22,24)(H,23,27,28)/b21-12-. The molecule has 2 aromatic carbocycles. The molecule has 0 aliphatic carbocycles. The van der Waals surface area contributed by atoms with Gasteiger partial charge in [-0.25, -0.2) is 10.2 Å². The summed E-state index contributed by atoms with van der Waals surface area (Å²) in [5.41, 5.74) is 4.42. The van der Waals surface area contributed by atoms with Gasteiger partial charge in [-0.3, -0.25) is 18.9 Å². The Kier molecular flexibility index (Phi) is 4.59. The van der Waals surface area contributed by atoms with Crippen molar-refractivity contribution in [2.24, 2.45) is 12.1 Å². The number of anilines is 1. The van der Waals surface area contributed by atoms with Gasteiger partial charge in [0.2, 0.25) is 5.95 Å². The molecule has 0 amide bonds. The van der Waals surface area contributed by atoms with Crippen LogP contribution < -0.4 is 16.7 Å². The van der Waals surface area contributed by atoms with Crippen molar-refractivity contribution in [2.45, 2.75) is 6.54 Å². The summed E-state index contributed by atoms with van der Waals surface area (Å²) < 4.78 is 3.02. The van der Waals surface area contributed by atoms with Gasteiger partial charge in [-0.1, -0.05) is 60.7 Å². The smallest absolute Gasteiger partial charge is 0.298 e. The first-order chi connectivity index (χ1) is 13.6. The number of nitrogens with one attached hydrogen (secondary N) is 2. The van der Waals surface area contributed by atoms with Crippen LogP contribution in [0.25, 0.3) is 11.2 Å². The summed E-state index contributed by atoms with van der Waals surface area (Å²) in [5.74, 6) is 0.373. The topological polar surface area (TPSA) is 97.1 Å². The highest BCUT2D eigenvalue weighted by Crippen LogP contribution is 2.17. The Morgan fingerprint density at radius 2 is 1.75 bits per heavy atom. The zero-order valence-electron chi connectivity index (χ0n) is 15.2. The highest BCUT2D eigenvalue weighted by atomic mass is 16.2. The number of H-pyrrole nitrogens is 1. The molecule has 0 bridgehead atoms. The second kappa shape index (κ2) is 7.36. The fourth-order valence-corrected chi connectivity index (χ4v) is 2.94. The molecular weight excluding hydrogens is 356 g/mol. The van der Waals surface area contributed by atoms with Crippen LogP contribution in [0.4, 0.5) is 5.95 Å². The lowest BCUT2D eigenvalue weighted by Gasteiger charge is -2.08. The average molecular weight is 374 g/mol. The molecule has 8 nitrogen and oxygen atoms in total. The van der Waals surface area contributed by atoms with Crippen molar-refractivity contribution >= 4 is 23.3 Å². The quantitative estimate of drug-likeness (QED) is 0.412. The molecule has 28 heavy (non-hydrogen) atoms. The van der Waals surface area contributed by atoms with E-state index >= 15 is 0 Å². The summed E-state index contributed by atoms with van der Waals surface area (Å²) in [4.78, 5) is 31.2. The number of hydrogen-bond donors (Lipinski definition) is 2. The molecule has 2 heterocycles. The number of nitrogens with zero attached hydrogens (tertiary/aromatic N) is 4. The third-order valence-electron chi connectivity index (χ3n) is 4.37. The normalized spacial score (nSPS) is 11.3. The van der Waals surface area contributed by atoms with Gasteiger partial charge in [0.05, 0.1) is 12.8 Å². The molecular formula is C20H18N6O2. The van der Waals surface area contributed by atoms with E-state index in [4.69, 9.17) is 0 Å². The number of hydrazone groups is 1. The number of aromatic nitrogens is 4. The van der Waals surface area contributed by atoms with Gasteiger partial charge in [0.15, 0.2) is 11.2 Å². The van der Waals surface area contributed by atoms with E-state index in [0.29, 0.717) is 23.7 Å². The van der Waals surface area contributed by atoms with Gasteiger partial charge in [-0.15, -0.1) is 0 Å². The number of hydrogen-bond acceptors (Lipinski definition) is 5. The minimum absolute atomic E-state index is 0.294. The number of fused-ring (bicyclic) bond motifs is 1. The second-order valence-electron chi connectivity index (χ2n) is 6.28. The third kappa shape index (κ3) is 3.35. The molecule has 8 heteroatoms. The molecule has 2 aromatic heterocycles. The van der Waals surface area contributed by atoms with Crippen LogP contribution in [-0.4, -0.2) is 25.3 Å². The zero-order valence-corrected chi connectivity index (χ0v) is 15.2. The average Bonchev–Trinajstić information content (AvgIpc) is 3.07. The molecule has 4 rings (SSSR count). The van der Waals surface area contributed by atoms with Gasteiger partial charge in [0, 0.05) is 7.05 Å². The van der Waals surface area contributed by atoms with Crippen molar-refractivity contribution in [3.63, 3.8) is 0 Å². The maximum Gasteiger partial charge on any atom is 0.329 e. The van der Waals surface area contributed by atoms with E-state index < -0.39 is 11.2 Å². The molecule has 0 saturated heterocycles. The van der Waals surface area contributed by atoms with Crippen LogP contribution in [-0.2, 0) is 13.6 Å². The van der Waals surface area contributed by atoms with Gasteiger partial charge in [0.25, 0.3) is 5.56 Å². The fourth-order valence-electron chi connectivity index (χ4n) is 2.94. The summed E-state index contributed by atoms with van der Waals surface area (Å²) in [6.07, 6.45) is 1.66. The maximum atomic E-state index is 12.5. The molecule has 0 spiro atoms. The van der Waals surface area contributed by atoms with Crippen LogP contribution in [0.15, 0.2) is 75.4 Å². The molecule has 0 aliphatic heterocycles. The molecule has 0 unspecified atom stereocenters.